The van der Waals surface area contributed by atoms with E-state index in [4.69, 9.17) is 5.11 Å². The van der Waals surface area contributed by atoms with E-state index in [-0.39, 0.29) is 6.42 Å². The van der Waals surface area contributed by atoms with Gasteiger partial charge in [-0.15, -0.1) is 0 Å². The summed E-state index contributed by atoms with van der Waals surface area (Å²) in [7, 11) is 0. The summed E-state index contributed by atoms with van der Waals surface area (Å²) in [5.41, 5.74) is -9.07. The van der Waals surface area contributed by atoms with Crippen molar-refractivity contribution in [2.24, 2.45) is 11.8 Å². The van der Waals surface area contributed by atoms with Crippen LogP contribution < -0.4 is 0 Å². The number of rotatable bonds is 1. The van der Waals surface area contributed by atoms with E-state index in [1.165, 1.54) is 6.08 Å². The first-order chi connectivity index (χ1) is 7.93. The number of allylic oxidation sites excluding steroid dienone is 2. The van der Waals surface area contributed by atoms with Crippen LogP contribution in [0, 0.1) is 11.8 Å². The third-order valence-corrected chi connectivity index (χ3v) is 3.74. The molecule has 2 aliphatic carbocycles. The van der Waals surface area contributed by atoms with E-state index in [0.717, 1.165) is 6.08 Å². The smallest absolute Gasteiger partial charge is 0.371 e. The molecule has 0 radical (unpaired) electrons. The van der Waals surface area contributed by atoms with Crippen LogP contribution in [-0.2, 0) is 0 Å². The third kappa shape index (κ3) is 1.44. The standard InChI is InChI=1S/C10H9F7O/c11-7(4-5-1-2-6(7)3-5)8(18,9(12,13)14)10(15,16)17/h1-2,5-6,18H,3-4H2. The number of alkyl halides is 7. The number of halogens is 7. The quantitative estimate of drug-likeness (QED) is 0.577. The van der Waals surface area contributed by atoms with E-state index in [1.54, 1.807) is 0 Å². The van der Waals surface area contributed by atoms with E-state index in [0.29, 0.717) is 0 Å². The van der Waals surface area contributed by atoms with Crippen LogP contribution in [0.5, 0.6) is 0 Å². The lowest BCUT2D eigenvalue weighted by Crippen LogP contribution is -2.70. The van der Waals surface area contributed by atoms with Gasteiger partial charge in [-0.05, 0) is 18.8 Å². The topological polar surface area (TPSA) is 20.2 Å². The van der Waals surface area contributed by atoms with Gasteiger partial charge in [-0.25, -0.2) is 4.39 Å². The first kappa shape index (κ1) is 13.6. The largest absolute Gasteiger partial charge is 0.429 e. The maximum absolute atomic E-state index is 14.3. The molecule has 8 heteroatoms. The zero-order valence-electron chi connectivity index (χ0n) is 8.82. The lowest BCUT2D eigenvalue weighted by Gasteiger charge is -2.44. The van der Waals surface area contributed by atoms with Crippen LogP contribution in [0.1, 0.15) is 12.8 Å². The number of aliphatic hydroxyl groups is 1. The average molecular weight is 278 g/mol. The molecule has 2 aliphatic rings. The second kappa shape index (κ2) is 3.40. The Morgan fingerprint density at radius 2 is 1.50 bits per heavy atom. The molecule has 2 bridgehead atoms. The van der Waals surface area contributed by atoms with Crippen molar-refractivity contribution in [3.63, 3.8) is 0 Å². The minimum atomic E-state index is -6.11. The third-order valence-electron chi connectivity index (χ3n) is 3.74. The summed E-state index contributed by atoms with van der Waals surface area (Å²) in [4.78, 5) is 0. The van der Waals surface area contributed by atoms with Crippen molar-refractivity contribution >= 4 is 0 Å². The molecule has 0 heterocycles. The van der Waals surface area contributed by atoms with Gasteiger partial charge in [0.1, 0.15) is 0 Å². The minimum absolute atomic E-state index is 0.134. The van der Waals surface area contributed by atoms with Crippen molar-refractivity contribution in [3.05, 3.63) is 12.2 Å². The average Bonchev–Trinajstić information content (AvgIpc) is 2.72. The number of fused-ring (bicyclic) bond motifs is 2. The molecule has 0 aromatic heterocycles. The zero-order chi connectivity index (χ0) is 14.0. The Morgan fingerprint density at radius 1 is 1.00 bits per heavy atom. The van der Waals surface area contributed by atoms with E-state index >= 15 is 0 Å². The molecule has 0 aromatic rings. The summed E-state index contributed by atoms with van der Waals surface area (Å²) in [6.45, 7) is 0. The number of hydrogen-bond donors (Lipinski definition) is 1. The first-order valence-electron chi connectivity index (χ1n) is 5.16. The van der Waals surface area contributed by atoms with Crippen LogP contribution in [0.3, 0.4) is 0 Å². The molecule has 0 amide bonds. The molecule has 1 N–H and O–H groups in total. The minimum Gasteiger partial charge on any atom is -0.371 e. The van der Waals surface area contributed by atoms with Crippen LogP contribution in [0.25, 0.3) is 0 Å². The fourth-order valence-electron chi connectivity index (χ4n) is 2.85. The Bertz CT molecular complexity index is 369. The highest BCUT2D eigenvalue weighted by Gasteiger charge is 2.83. The van der Waals surface area contributed by atoms with Gasteiger partial charge < -0.3 is 5.11 Å². The normalized spacial score (nSPS) is 36.4. The molecule has 1 nitrogen and oxygen atoms in total. The van der Waals surface area contributed by atoms with Crippen LogP contribution >= 0.6 is 0 Å². The van der Waals surface area contributed by atoms with Crippen LogP contribution in [0.15, 0.2) is 12.2 Å². The monoisotopic (exact) mass is 278 g/mol. The summed E-state index contributed by atoms with van der Waals surface area (Å²) in [5.74, 6) is -2.24. The van der Waals surface area contributed by atoms with Crippen LogP contribution in [-0.4, -0.2) is 28.7 Å². The van der Waals surface area contributed by atoms with E-state index in [2.05, 4.69) is 0 Å². The second-order valence-corrected chi connectivity index (χ2v) is 4.76. The van der Waals surface area contributed by atoms with Gasteiger partial charge >= 0.3 is 12.4 Å². The summed E-state index contributed by atoms with van der Waals surface area (Å²) < 4.78 is 89.8. The van der Waals surface area contributed by atoms with E-state index < -0.39 is 41.9 Å². The van der Waals surface area contributed by atoms with Gasteiger partial charge in [-0.3, -0.25) is 0 Å². The molecule has 2 rings (SSSR count). The molecule has 0 spiro atoms. The van der Waals surface area contributed by atoms with Crippen LogP contribution in [0.4, 0.5) is 30.7 Å². The Morgan fingerprint density at radius 3 is 1.78 bits per heavy atom. The van der Waals surface area contributed by atoms with E-state index in [9.17, 15) is 30.7 Å². The van der Waals surface area contributed by atoms with Crippen molar-refractivity contribution in [2.45, 2.75) is 36.5 Å². The molecule has 0 saturated heterocycles. The highest BCUT2D eigenvalue weighted by Crippen LogP contribution is 2.61. The van der Waals surface area contributed by atoms with Gasteiger partial charge in [0.05, 0.1) is 0 Å². The van der Waals surface area contributed by atoms with Crippen molar-refractivity contribution in [2.75, 3.05) is 0 Å². The van der Waals surface area contributed by atoms with Gasteiger partial charge in [-0.1, -0.05) is 12.2 Å². The van der Waals surface area contributed by atoms with Crippen molar-refractivity contribution in [3.8, 4) is 0 Å². The molecule has 1 saturated carbocycles. The molecule has 3 unspecified atom stereocenters. The van der Waals surface area contributed by atoms with Gasteiger partial charge in [0.25, 0.3) is 5.60 Å². The van der Waals surface area contributed by atoms with Crippen molar-refractivity contribution in [1.29, 1.82) is 0 Å². The second-order valence-electron chi connectivity index (χ2n) is 4.76. The molecular formula is C10H9F7O. The van der Waals surface area contributed by atoms with Crippen molar-refractivity contribution in [1.82, 2.24) is 0 Å². The lowest BCUT2D eigenvalue weighted by molar-refractivity contribution is -0.406. The molecule has 3 atom stereocenters. The van der Waals surface area contributed by atoms with Gasteiger partial charge in [0.2, 0.25) is 0 Å². The van der Waals surface area contributed by atoms with Gasteiger partial charge in [-0.2, -0.15) is 26.3 Å². The molecule has 1 fully saturated rings. The Labute approximate surface area is 97.3 Å². The zero-order valence-corrected chi connectivity index (χ0v) is 8.82. The Hall–Kier alpha value is -0.790. The molecule has 104 valence electrons. The lowest BCUT2D eigenvalue weighted by atomic mass is 9.74. The predicted molar refractivity (Wildman–Crippen MR) is 46.3 cm³/mol. The molecule has 0 aliphatic heterocycles. The highest BCUT2D eigenvalue weighted by molar-refractivity contribution is 5.25. The maximum atomic E-state index is 14.3. The summed E-state index contributed by atoms with van der Waals surface area (Å²) in [6, 6.07) is 0. The fourth-order valence-corrected chi connectivity index (χ4v) is 2.85. The first-order valence-corrected chi connectivity index (χ1v) is 5.16. The fraction of sp³-hybridized carbons (Fsp3) is 0.800. The summed E-state index contributed by atoms with van der Waals surface area (Å²) in [6.07, 6.45) is -11.0. The highest BCUT2D eigenvalue weighted by atomic mass is 19.4. The molecule has 18 heavy (non-hydrogen) atoms. The van der Waals surface area contributed by atoms with E-state index in [1.807, 2.05) is 0 Å². The van der Waals surface area contributed by atoms with Crippen molar-refractivity contribution < 1.29 is 35.8 Å². The predicted octanol–water partition coefficient (Wildman–Crippen LogP) is 3.15. The molecule has 0 aromatic carbocycles. The molecular weight excluding hydrogens is 269 g/mol. The summed E-state index contributed by atoms with van der Waals surface area (Å²) in [5, 5.41) is 9.11. The SMILES string of the molecule is OC(C(F)(F)F)(C(F)(F)F)C1(F)CC2C=CC1C2. The number of hydrogen-bond acceptors (Lipinski definition) is 1. The maximum Gasteiger partial charge on any atom is 0.429 e. The Kier molecular flexibility index (Phi) is 2.58. The van der Waals surface area contributed by atoms with Gasteiger partial charge in [0.15, 0.2) is 5.67 Å². The Balaban J connectivity index is 2.53. The van der Waals surface area contributed by atoms with Gasteiger partial charge in [0, 0.05) is 5.92 Å². The van der Waals surface area contributed by atoms with Crippen LogP contribution in [0.2, 0.25) is 0 Å². The summed E-state index contributed by atoms with van der Waals surface area (Å²) >= 11 is 0.